The van der Waals surface area contributed by atoms with E-state index in [-0.39, 0.29) is 17.8 Å². The smallest absolute Gasteiger partial charge is 0.252 e. The monoisotopic (exact) mass is 418 g/mol. The van der Waals surface area contributed by atoms with Gasteiger partial charge in [-0.05, 0) is 55.7 Å². The van der Waals surface area contributed by atoms with Crippen molar-refractivity contribution in [3.05, 3.63) is 87.6 Å². The highest BCUT2D eigenvalue weighted by Gasteiger charge is 2.19. The fraction of sp³-hybridized carbons (Fsp3) is 0.208. The van der Waals surface area contributed by atoms with Gasteiger partial charge in [0.05, 0.1) is 17.1 Å². The number of para-hydroxylation sites is 1. The zero-order chi connectivity index (χ0) is 22.1. The number of carbonyl (C=O) groups excluding carboxylic acids is 1. The average molecular weight is 418 g/mol. The predicted molar refractivity (Wildman–Crippen MR) is 119 cm³/mol. The highest BCUT2D eigenvalue weighted by Crippen LogP contribution is 2.24. The van der Waals surface area contributed by atoms with Gasteiger partial charge in [0.25, 0.3) is 5.56 Å². The Morgan fingerprint density at radius 2 is 1.81 bits per heavy atom. The maximum atomic E-state index is 13.9. The van der Waals surface area contributed by atoms with E-state index < -0.39 is 11.7 Å². The van der Waals surface area contributed by atoms with E-state index >= 15 is 0 Å². The van der Waals surface area contributed by atoms with Crippen LogP contribution in [-0.2, 0) is 17.8 Å². The average Bonchev–Trinajstić information content (AvgIpc) is 3.10. The van der Waals surface area contributed by atoms with Crippen LogP contribution in [0.4, 0.5) is 10.1 Å². The third-order valence-corrected chi connectivity index (χ3v) is 5.33. The maximum absolute atomic E-state index is 13.9. The van der Waals surface area contributed by atoms with E-state index in [1.165, 1.54) is 28.3 Å². The highest BCUT2D eigenvalue weighted by atomic mass is 19.1. The van der Waals surface area contributed by atoms with E-state index in [1.54, 1.807) is 16.8 Å². The molecule has 0 saturated heterocycles. The van der Waals surface area contributed by atoms with Crippen molar-refractivity contribution >= 4 is 22.6 Å². The molecule has 4 aromatic rings. The molecule has 0 atom stereocenters. The summed E-state index contributed by atoms with van der Waals surface area (Å²) in [4.78, 5) is 25.6. The molecule has 2 aromatic heterocycles. The third-order valence-electron chi connectivity index (χ3n) is 5.33. The molecular formula is C24H23FN4O2. The number of halogens is 1. The molecule has 0 bridgehead atoms. The molecule has 158 valence electrons. The minimum Gasteiger partial charge on any atom is -0.322 e. The van der Waals surface area contributed by atoms with E-state index in [0.717, 1.165) is 28.8 Å². The second-order valence-electron chi connectivity index (χ2n) is 7.50. The summed E-state index contributed by atoms with van der Waals surface area (Å²) < 4.78 is 17.0. The first-order valence-electron chi connectivity index (χ1n) is 10.1. The second kappa shape index (κ2) is 8.18. The predicted octanol–water partition coefficient (Wildman–Crippen LogP) is 4.14. The summed E-state index contributed by atoms with van der Waals surface area (Å²) >= 11 is 0. The minimum absolute atomic E-state index is 0.0729. The Balaban J connectivity index is 1.82. The van der Waals surface area contributed by atoms with Gasteiger partial charge in [0.1, 0.15) is 18.0 Å². The Hall–Kier alpha value is -3.74. The fourth-order valence-electron chi connectivity index (χ4n) is 3.77. The Kier molecular flexibility index (Phi) is 5.42. The number of anilines is 1. The molecule has 31 heavy (non-hydrogen) atoms. The number of rotatable bonds is 5. The van der Waals surface area contributed by atoms with Crippen molar-refractivity contribution in [3.8, 4) is 5.69 Å². The van der Waals surface area contributed by atoms with E-state index in [2.05, 4.69) is 17.3 Å². The van der Waals surface area contributed by atoms with Crippen molar-refractivity contribution in [1.82, 2.24) is 14.3 Å². The Bertz CT molecular complexity index is 1340. The van der Waals surface area contributed by atoms with Crippen molar-refractivity contribution in [3.63, 3.8) is 0 Å². The zero-order valence-electron chi connectivity index (χ0n) is 17.6. The van der Waals surface area contributed by atoms with Crippen LogP contribution in [0.3, 0.4) is 0 Å². The van der Waals surface area contributed by atoms with E-state index in [1.807, 2.05) is 38.1 Å². The molecule has 1 amide bonds. The second-order valence-corrected chi connectivity index (χ2v) is 7.50. The van der Waals surface area contributed by atoms with E-state index in [9.17, 15) is 14.0 Å². The van der Waals surface area contributed by atoms with Crippen LogP contribution >= 0.6 is 0 Å². The number of hydrogen-bond donors (Lipinski definition) is 1. The van der Waals surface area contributed by atoms with E-state index in [0.29, 0.717) is 5.65 Å². The number of aryl methyl sites for hydroxylation is 3. The Morgan fingerprint density at radius 3 is 2.48 bits per heavy atom. The van der Waals surface area contributed by atoms with Crippen molar-refractivity contribution in [2.45, 2.75) is 33.7 Å². The normalized spacial score (nSPS) is 11.1. The van der Waals surface area contributed by atoms with Crippen molar-refractivity contribution < 1.29 is 9.18 Å². The quantitative estimate of drug-likeness (QED) is 0.530. The molecule has 7 heteroatoms. The lowest BCUT2D eigenvalue weighted by molar-refractivity contribution is -0.116. The number of nitrogens with one attached hydrogen (secondary N) is 1. The number of benzene rings is 2. The number of carbonyl (C=O) groups is 1. The highest BCUT2D eigenvalue weighted by molar-refractivity contribution is 5.92. The fourth-order valence-corrected chi connectivity index (χ4v) is 3.77. The Morgan fingerprint density at radius 1 is 1.10 bits per heavy atom. The number of hydrogen-bond acceptors (Lipinski definition) is 3. The molecular weight excluding hydrogens is 395 g/mol. The lowest BCUT2D eigenvalue weighted by Crippen LogP contribution is -2.29. The maximum Gasteiger partial charge on any atom is 0.252 e. The summed E-state index contributed by atoms with van der Waals surface area (Å²) in [5.74, 6) is -1.03. The summed E-state index contributed by atoms with van der Waals surface area (Å²) in [5, 5.41) is 8.01. The van der Waals surface area contributed by atoms with E-state index in [4.69, 9.17) is 0 Å². The van der Waals surface area contributed by atoms with Gasteiger partial charge in [0.15, 0.2) is 0 Å². The first-order valence-corrected chi connectivity index (χ1v) is 10.1. The number of fused-ring (bicyclic) bond motifs is 1. The molecule has 0 aliphatic heterocycles. The van der Waals surface area contributed by atoms with Crippen LogP contribution in [0, 0.1) is 19.7 Å². The largest absolute Gasteiger partial charge is 0.322 e. The minimum atomic E-state index is -0.533. The number of pyridine rings is 1. The summed E-state index contributed by atoms with van der Waals surface area (Å²) in [5.41, 5.74) is 3.83. The molecule has 4 rings (SSSR count). The molecule has 0 saturated carbocycles. The van der Waals surface area contributed by atoms with Crippen molar-refractivity contribution in [2.24, 2.45) is 0 Å². The van der Waals surface area contributed by atoms with Crippen LogP contribution in [0.25, 0.3) is 16.7 Å². The summed E-state index contributed by atoms with van der Waals surface area (Å²) in [6.07, 6.45) is 0.916. The van der Waals surface area contributed by atoms with Crippen LogP contribution < -0.4 is 10.9 Å². The molecule has 1 N–H and O–H groups in total. The van der Waals surface area contributed by atoms with Gasteiger partial charge in [-0.3, -0.25) is 14.2 Å². The molecule has 0 radical (unpaired) electrons. The SMILES string of the molecule is CCc1ccc(-n2nc(C)c3c(C)cc(=O)n(CC(=O)Nc4ccccc4F)c32)cc1. The van der Waals surface area contributed by atoms with Gasteiger partial charge in [0.2, 0.25) is 5.91 Å². The summed E-state index contributed by atoms with van der Waals surface area (Å²) in [7, 11) is 0. The van der Waals surface area contributed by atoms with Gasteiger partial charge in [-0.15, -0.1) is 0 Å². The van der Waals surface area contributed by atoms with Gasteiger partial charge in [-0.2, -0.15) is 5.10 Å². The first kappa shape index (κ1) is 20.5. The number of nitrogens with zero attached hydrogens (tertiary/aromatic N) is 3. The van der Waals surface area contributed by atoms with Crippen molar-refractivity contribution in [2.75, 3.05) is 5.32 Å². The molecule has 0 aliphatic carbocycles. The van der Waals surface area contributed by atoms with Crippen LogP contribution in [-0.4, -0.2) is 20.3 Å². The van der Waals surface area contributed by atoms with Gasteiger partial charge in [-0.1, -0.05) is 31.2 Å². The van der Waals surface area contributed by atoms with Gasteiger partial charge >= 0.3 is 0 Å². The van der Waals surface area contributed by atoms with Crippen molar-refractivity contribution in [1.29, 1.82) is 0 Å². The molecule has 0 unspecified atom stereocenters. The molecule has 0 fully saturated rings. The molecule has 0 spiro atoms. The summed E-state index contributed by atoms with van der Waals surface area (Å²) in [6, 6.07) is 15.3. The Labute approximate surface area is 178 Å². The van der Waals surface area contributed by atoms with Crippen LogP contribution in [0.15, 0.2) is 59.4 Å². The molecule has 2 aromatic carbocycles. The standard InChI is InChI=1S/C24H23FN4O2/c1-4-17-9-11-18(12-10-17)29-24-23(16(3)27-29)15(2)13-22(31)28(24)14-21(30)26-20-8-6-5-7-19(20)25/h5-13H,4,14H2,1-3H3,(H,26,30). The number of amides is 1. The molecule has 0 aliphatic rings. The van der Waals surface area contributed by atoms with Gasteiger partial charge in [-0.25, -0.2) is 9.07 Å². The van der Waals surface area contributed by atoms with Crippen LogP contribution in [0.5, 0.6) is 0 Å². The van der Waals surface area contributed by atoms with Gasteiger partial charge < -0.3 is 5.32 Å². The molecule has 2 heterocycles. The summed E-state index contributed by atoms with van der Waals surface area (Å²) in [6.45, 7) is 5.55. The third kappa shape index (κ3) is 3.86. The molecule has 6 nitrogen and oxygen atoms in total. The number of aromatic nitrogens is 3. The zero-order valence-corrected chi connectivity index (χ0v) is 17.6. The van der Waals surface area contributed by atoms with Crippen LogP contribution in [0.1, 0.15) is 23.7 Å². The van der Waals surface area contributed by atoms with Gasteiger partial charge in [0, 0.05) is 11.5 Å². The lowest BCUT2D eigenvalue weighted by atomic mass is 10.1. The first-order chi connectivity index (χ1) is 14.9. The van der Waals surface area contributed by atoms with Crippen LogP contribution in [0.2, 0.25) is 0 Å². The lowest BCUT2D eigenvalue weighted by Gasteiger charge is -2.13. The topological polar surface area (TPSA) is 68.9 Å².